The molecule has 1 N–H and O–H groups in total. The summed E-state index contributed by atoms with van der Waals surface area (Å²) in [6.07, 6.45) is 4.07. The maximum absolute atomic E-state index is 11.2. The number of benzene rings is 1. The van der Waals surface area contributed by atoms with Crippen LogP contribution in [0.3, 0.4) is 0 Å². The van der Waals surface area contributed by atoms with E-state index in [1.807, 2.05) is 30.3 Å². The van der Waals surface area contributed by atoms with Crippen molar-refractivity contribution in [3.63, 3.8) is 0 Å². The number of hydrogen-bond donors (Lipinski definition) is 1. The standard InChI is InChI=1S/C12H18O2S/c1-2-3-5-10-12(15(13)14)11-8-6-4-7-9-11/h4,6-9,12H,2-3,5,10H2,1H3,(H,13,14). The molecule has 0 fully saturated rings. The van der Waals surface area contributed by atoms with Gasteiger partial charge in [0.05, 0.1) is 5.25 Å². The number of unbranched alkanes of at least 4 members (excludes halogenated alkanes) is 2. The van der Waals surface area contributed by atoms with Crippen LogP contribution in [-0.2, 0) is 11.1 Å². The van der Waals surface area contributed by atoms with E-state index in [1.165, 1.54) is 0 Å². The van der Waals surface area contributed by atoms with E-state index < -0.39 is 11.1 Å². The molecular formula is C12H18O2S. The van der Waals surface area contributed by atoms with Gasteiger partial charge in [-0.05, 0) is 12.0 Å². The van der Waals surface area contributed by atoms with Gasteiger partial charge in [-0.25, -0.2) is 4.21 Å². The van der Waals surface area contributed by atoms with Crippen LogP contribution >= 0.6 is 0 Å². The van der Waals surface area contributed by atoms with E-state index >= 15 is 0 Å². The first-order valence-corrected chi connectivity index (χ1v) is 6.57. The first kappa shape index (κ1) is 12.4. The van der Waals surface area contributed by atoms with Gasteiger partial charge in [0.15, 0.2) is 11.1 Å². The van der Waals surface area contributed by atoms with Gasteiger partial charge in [0, 0.05) is 0 Å². The fourth-order valence-electron chi connectivity index (χ4n) is 1.63. The molecule has 0 amide bonds. The zero-order valence-electron chi connectivity index (χ0n) is 9.06. The molecule has 2 unspecified atom stereocenters. The molecule has 0 aliphatic carbocycles. The molecule has 0 radical (unpaired) electrons. The molecule has 1 aromatic carbocycles. The van der Waals surface area contributed by atoms with Crippen LogP contribution in [0.1, 0.15) is 43.4 Å². The van der Waals surface area contributed by atoms with Crippen LogP contribution in [0.5, 0.6) is 0 Å². The molecule has 2 nitrogen and oxygen atoms in total. The molecule has 0 spiro atoms. The Morgan fingerprint density at radius 2 is 1.93 bits per heavy atom. The monoisotopic (exact) mass is 226 g/mol. The summed E-state index contributed by atoms with van der Waals surface area (Å²) in [6.45, 7) is 2.13. The largest absolute Gasteiger partial charge is 0.306 e. The van der Waals surface area contributed by atoms with E-state index in [0.29, 0.717) is 0 Å². The van der Waals surface area contributed by atoms with Gasteiger partial charge in [0.25, 0.3) is 0 Å². The van der Waals surface area contributed by atoms with Crippen LogP contribution in [0, 0.1) is 0 Å². The average Bonchev–Trinajstić information content (AvgIpc) is 2.25. The molecule has 2 atom stereocenters. The summed E-state index contributed by atoms with van der Waals surface area (Å²) in [6, 6.07) is 9.59. The third-order valence-electron chi connectivity index (χ3n) is 2.48. The van der Waals surface area contributed by atoms with Crippen LogP contribution in [0.25, 0.3) is 0 Å². The molecule has 84 valence electrons. The second-order valence-electron chi connectivity index (χ2n) is 3.67. The fraction of sp³-hybridized carbons (Fsp3) is 0.500. The lowest BCUT2D eigenvalue weighted by Crippen LogP contribution is -2.05. The van der Waals surface area contributed by atoms with Crippen LogP contribution < -0.4 is 0 Å². The van der Waals surface area contributed by atoms with E-state index in [0.717, 1.165) is 31.2 Å². The van der Waals surface area contributed by atoms with E-state index in [9.17, 15) is 8.76 Å². The van der Waals surface area contributed by atoms with Gasteiger partial charge in [-0.1, -0.05) is 56.5 Å². The highest BCUT2D eigenvalue weighted by molar-refractivity contribution is 7.79. The maximum atomic E-state index is 11.2. The van der Waals surface area contributed by atoms with Gasteiger partial charge in [-0.2, -0.15) is 0 Å². The highest BCUT2D eigenvalue weighted by atomic mass is 32.2. The Balaban J connectivity index is 2.62. The summed E-state index contributed by atoms with van der Waals surface area (Å²) in [5.74, 6) is 0. The van der Waals surface area contributed by atoms with Gasteiger partial charge in [0.1, 0.15) is 0 Å². The van der Waals surface area contributed by atoms with Gasteiger partial charge in [-0.15, -0.1) is 0 Å². The van der Waals surface area contributed by atoms with Crippen molar-refractivity contribution < 1.29 is 8.76 Å². The second-order valence-corrected chi connectivity index (χ2v) is 4.79. The summed E-state index contributed by atoms with van der Waals surface area (Å²) < 4.78 is 20.4. The molecule has 0 saturated carbocycles. The van der Waals surface area contributed by atoms with E-state index in [-0.39, 0.29) is 5.25 Å². The van der Waals surface area contributed by atoms with Crippen molar-refractivity contribution >= 4 is 11.1 Å². The lowest BCUT2D eigenvalue weighted by Gasteiger charge is -2.12. The third kappa shape index (κ3) is 4.14. The molecule has 0 aliphatic rings. The smallest absolute Gasteiger partial charge is 0.160 e. The predicted molar refractivity (Wildman–Crippen MR) is 64.1 cm³/mol. The first-order chi connectivity index (χ1) is 7.25. The van der Waals surface area contributed by atoms with Crippen molar-refractivity contribution in [3.8, 4) is 0 Å². The molecule has 0 heterocycles. The molecule has 15 heavy (non-hydrogen) atoms. The van der Waals surface area contributed by atoms with Crippen molar-refractivity contribution in [2.24, 2.45) is 0 Å². The van der Waals surface area contributed by atoms with Crippen LogP contribution in [0.2, 0.25) is 0 Å². The van der Waals surface area contributed by atoms with E-state index in [4.69, 9.17) is 0 Å². The molecular weight excluding hydrogens is 208 g/mol. The van der Waals surface area contributed by atoms with Crippen molar-refractivity contribution in [2.75, 3.05) is 0 Å². The minimum atomic E-state index is -1.76. The molecule has 3 heteroatoms. The van der Waals surface area contributed by atoms with Gasteiger partial charge in [-0.3, -0.25) is 0 Å². The van der Waals surface area contributed by atoms with Crippen molar-refractivity contribution in [2.45, 2.75) is 37.9 Å². The molecule has 1 rings (SSSR count). The van der Waals surface area contributed by atoms with Crippen LogP contribution in [0.4, 0.5) is 0 Å². The average molecular weight is 226 g/mol. The molecule has 1 aromatic rings. The SMILES string of the molecule is CCCCCC(c1ccccc1)S(=O)O. The predicted octanol–water partition coefficient (Wildman–Crippen LogP) is 3.53. The summed E-state index contributed by atoms with van der Waals surface area (Å²) in [5.41, 5.74) is 0.967. The van der Waals surface area contributed by atoms with Gasteiger partial charge in [0.2, 0.25) is 0 Å². The van der Waals surface area contributed by atoms with Crippen LogP contribution in [-0.4, -0.2) is 8.76 Å². The lowest BCUT2D eigenvalue weighted by atomic mass is 10.1. The normalized spacial score (nSPS) is 14.8. The molecule has 0 aliphatic heterocycles. The minimum absolute atomic E-state index is 0.224. The Morgan fingerprint density at radius 3 is 2.47 bits per heavy atom. The first-order valence-electron chi connectivity index (χ1n) is 5.40. The zero-order chi connectivity index (χ0) is 11.1. The summed E-state index contributed by atoms with van der Waals surface area (Å²) >= 11 is -1.76. The quantitative estimate of drug-likeness (QED) is 0.595. The number of hydrogen-bond acceptors (Lipinski definition) is 1. The Bertz CT molecular complexity index is 298. The van der Waals surface area contributed by atoms with E-state index in [2.05, 4.69) is 6.92 Å². The topological polar surface area (TPSA) is 37.3 Å². The summed E-state index contributed by atoms with van der Waals surface area (Å²) in [4.78, 5) is 0. The Labute approximate surface area is 94.0 Å². The molecule has 0 bridgehead atoms. The summed E-state index contributed by atoms with van der Waals surface area (Å²) in [5, 5.41) is -0.224. The highest BCUT2D eigenvalue weighted by Gasteiger charge is 2.16. The van der Waals surface area contributed by atoms with Gasteiger partial charge >= 0.3 is 0 Å². The Morgan fingerprint density at radius 1 is 1.27 bits per heavy atom. The van der Waals surface area contributed by atoms with Crippen molar-refractivity contribution in [1.29, 1.82) is 0 Å². The van der Waals surface area contributed by atoms with Crippen molar-refractivity contribution in [3.05, 3.63) is 35.9 Å². The minimum Gasteiger partial charge on any atom is -0.306 e. The summed E-state index contributed by atoms with van der Waals surface area (Å²) in [7, 11) is 0. The Kier molecular flexibility index (Phi) is 5.58. The number of rotatable bonds is 6. The zero-order valence-corrected chi connectivity index (χ0v) is 9.87. The van der Waals surface area contributed by atoms with Crippen molar-refractivity contribution in [1.82, 2.24) is 0 Å². The highest BCUT2D eigenvalue weighted by Crippen LogP contribution is 2.24. The molecule has 0 saturated heterocycles. The second kappa shape index (κ2) is 6.75. The Hall–Kier alpha value is -0.670. The lowest BCUT2D eigenvalue weighted by molar-refractivity contribution is 0.535. The van der Waals surface area contributed by atoms with Gasteiger partial charge < -0.3 is 4.55 Å². The molecule has 0 aromatic heterocycles. The maximum Gasteiger partial charge on any atom is 0.160 e. The van der Waals surface area contributed by atoms with E-state index in [1.54, 1.807) is 0 Å². The third-order valence-corrected chi connectivity index (χ3v) is 3.48. The fourth-order valence-corrected chi connectivity index (χ4v) is 2.39. The van der Waals surface area contributed by atoms with Crippen LogP contribution in [0.15, 0.2) is 30.3 Å².